The highest BCUT2D eigenvalue weighted by atomic mass is 15.2. The fourth-order valence-corrected chi connectivity index (χ4v) is 2.59. The molecule has 1 aromatic heterocycles. The lowest BCUT2D eigenvalue weighted by molar-refractivity contribution is 0.180. The van der Waals surface area contributed by atoms with Crippen LogP contribution >= 0.6 is 0 Å². The van der Waals surface area contributed by atoms with Crippen LogP contribution in [0.15, 0.2) is 12.3 Å². The number of hydrogen-bond donors (Lipinski definition) is 1. The van der Waals surface area contributed by atoms with Crippen LogP contribution in [0.25, 0.3) is 0 Å². The maximum absolute atomic E-state index is 3.36. The van der Waals surface area contributed by atoms with Gasteiger partial charge >= 0.3 is 0 Å². The fourth-order valence-electron chi connectivity index (χ4n) is 2.59. The van der Waals surface area contributed by atoms with Gasteiger partial charge in [-0.2, -0.15) is 0 Å². The molecule has 1 aliphatic rings. The monoisotopic (exact) mass is 192 g/mol. The quantitative estimate of drug-likeness (QED) is 0.780. The van der Waals surface area contributed by atoms with Crippen LogP contribution in [0.2, 0.25) is 0 Å². The molecule has 0 amide bonds. The van der Waals surface area contributed by atoms with E-state index in [2.05, 4.69) is 36.0 Å². The van der Waals surface area contributed by atoms with Gasteiger partial charge in [0.05, 0.1) is 0 Å². The lowest BCUT2D eigenvalue weighted by Crippen LogP contribution is -2.35. The average Bonchev–Trinajstić information content (AvgIpc) is 2.66. The molecule has 2 rings (SSSR count). The predicted octanol–water partition coefficient (Wildman–Crippen LogP) is 2.73. The van der Waals surface area contributed by atoms with Crippen molar-refractivity contribution in [2.75, 3.05) is 13.1 Å². The van der Waals surface area contributed by atoms with E-state index in [1.165, 1.54) is 43.6 Å². The molecular formula is C12H20N2. The number of aromatic nitrogens is 1. The third-order valence-electron chi connectivity index (χ3n) is 3.22. The van der Waals surface area contributed by atoms with Gasteiger partial charge in [0.25, 0.3) is 0 Å². The lowest BCUT2D eigenvalue weighted by atomic mass is 9.97. The van der Waals surface area contributed by atoms with Gasteiger partial charge in [0.1, 0.15) is 0 Å². The maximum Gasteiger partial charge on any atom is 0.0363 e. The van der Waals surface area contributed by atoms with Crippen molar-refractivity contribution in [2.24, 2.45) is 0 Å². The van der Waals surface area contributed by atoms with Crippen molar-refractivity contribution in [3.8, 4) is 0 Å². The van der Waals surface area contributed by atoms with E-state index < -0.39 is 0 Å². The Labute approximate surface area is 86.3 Å². The Balaban J connectivity index is 2.20. The number of fused-ring (bicyclic) bond motifs is 1. The van der Waals surface area contributed by atoms with Crippen molar-refractivity contribution < 1.29 is 0 Å². The van der Waals surface area contributed by atoms with Gasteiger partial charge in [-0.05, 0) is 31.0 Å². The van der Waals surface area contributed by atoms with E-state index in [0.29, 0.717) is 6.04 Å². The summed E-state index contributed by atoms with van der Waals surface area (Å²) in [6, 6.07) is 2.91. The molecular weight excluding hydrogens is 172 g/mol. The van der Waals surface area contributed by atoms with Gasteiger partial charge in [0, 0.05) is 30.9 Å². The van der Waals surface area contributed by atoms with Gasteiger partial charge in [-0.25, -0.2) is 0 Å². The minimum absolute atomic E-state index is 0.657. The smallest absolute Gasteiger partial charge is 0.0363 e. The summed E-state index contributed by atoms with van der Waals surface area (Å²) in [5, 5.41) is 0. The van der Waals surface area contributed by atoms with Crippen LogP contribution < -0.4 is 0 Å². The topological polar surface area (TPSA) is 19.0 Å². The predicted molar refractivity (Wildman–Crippen MR) is 59.4 cm³/mol. The van der Waals surface area contributed by atoms with E-state index in [9.17, 15) is 0 Å². The van der Waals surface area contributed by atoms with Crippen molar-refractivity contribution in [3.63, 3.8) is 0 Å². The number of hydrogen-bond acceptors (Lipinski definition) is 1. The third-order valence-corrected chi connectivity index (χ3v) is 3.22. The first-order chi connectivity index (χ1) is 6.86. The molecule has 1 N–H and O–H groups in total. The van der Waals surface area contributed by atoms with E-state index >= 15 is 0 Å². The maximum atomic E-state index is 3.36. The second-order valence-corrected chi connectivity index (χ2v) is 4.12. The van der Waals surface area contributed by atoms with Crippen LogP contribution in [0.5, 0.6) is 0 Å². The van der Waals surface area contributed by atoms with Crippen LogP contribution in [-0.4, -0.2) is 23.0 Å². The summed E-state index contributed by atoms with van der Waals surface area (Å²) in [5.41, 5.74) is 3.00. The zero-order valence-corrected chi connectivity index (χ0v) is 9.21. The van der Waals surface area contributed by atoms with E-state index in [1.54, 1.807) is 0 Å². The third kappa shape index (κ3) is 1.59. The number of nitrogens with one attached hydrogen (secondary N) is 1. The second kappa shape index (κ2) is 4.18. The van der Waals surface area contributed by atoms with Gasteiger partial charge in [-0.3, -0.25) is 4.90 Å². The van der Waals surface area contributed by atoms with Crippen LogP contribution in [-0.2, 0) is 6.42 Å². The molecule has 0 fully saturated rings. The summed E-state index contributed by atoms with van der Waals surface area (Å²) in [5.74, 6) is 0. The Morgan fingerprint density at radius 1 is 1.50 bits per heavy atom. The Kier molecular flexibility index (Phi) is 2.92. The summed E-state index contributed by atoms with van der Waals surface area (Å²) in [7, 11) is 0. The largest absolute Gasteiger partial charge is 0.365 e. The van der Waals surface area contributed by atoms with E-state index in [1.807, 2.05) is 0 Å². The molecule has 1 atom stereocenters. The molecule has 2 nitrogen and oxygen atoms in total. The fraction of sp³-hybridized carbons (Fsp3) is 0.667. The summed E-state index contributed by atoms with van der Waals surface area (Å²) >= 11 is 0. The van der Waals surface area contributed by atoms with Crippen LogP contribution in [0, 0.1) is 0 Å². The van der Waals surface area contributed by atoms with Crippen LogP contribution in [0.4, 0.5) is 0 Å². The van der Waals surface area contributed by atoms with Gasteiger partial charge in [-0.1, -0.05) is 13.8 Å². The van der Waals surface area contributed by atoms with Gasteiger partial charge in [0.15, 0.2) is 0 Å². The molecule has 1 unspecified atom stereocenters. The molecule has 0 saturated carbocycles. The van der Waals surface area contributed by atoms with E-state index in [4.69, 9.17) is 0 Å². The minimum atomic E-state index is 0.657. The molecule has 0 radical (unpaired) electrons. The van der Waals surface area contributed by atoms with Gasteiger partial charge in [-0.15, -0.1) is 0 Å². The molecule has 1 aromatic rings. The van der Waals surface area contributed by atoms with Crippen molar-refractivity contribution in [1.82, 2.24) is 9.88 Å². The Hall–Kier alpha value is -0.760. The zero-order chi connectivity index (χ0) is 9.97. The van der Waals surface area contributed by atoms with Crippen molar-refractivity contribution in [2.45, 2.75) is 39.2 Å². The normalized spacial score (nSPS) is 22.3. The Morgan fingerprint density at radius 3 is 3.07 bits per heavy atom. The van der Waals surface area contributed by atoms with E-state index in [-0.39, 0.29) is 0 Å². The van der Waals surface area contributed by atoms with Gasteiger partial charge < -0.3 is 4.98 Å². The van der Waals surface area contributed by atoms with Crippen molar-refractivity contribution in [1.29, 1.82) is 0 Å². The second-order valence-electron chi connectivity index (χ2n) is 4.12. The Bertz CT molecular complexity index is 290. The highest BCUT2D eigenvalue weighted by Gasteiger charge is 2.25. The van der Waals surface area contributed by atoms with Gasteiger partial charge in [0.2, 0.25) is 0 Å². The van der Waals surface area contributed by atoms with Crippen molar-refractivity contribution in [3.05, 3.63) is 23.5 Å². The number of nitrogens with zero attached hydrogens (tertiary/aromatic N) is 1. The lowest BCUT2D eigenvalue weighted by Gasteiger charge is -2.35. The molecule has 2 heteroatoms. The molecule has 0 bridgehead atoms. The summed E-state index contributed by atoms with van der Waals surface area (Å²) in [6.07, 6.45) is 5.77. The summed E-state index contributed by atoms with van der Waals surface area (Å²) < 4.78 is 0. The Morgan fingerprint density at radius 2 is 2.36 bits per heavy atom. The standard InChI is InChI=1S/C12H20N2/c1-3-8-14-9-6-11-10(5-7-13-11)12(14)4-2/h5,7,12-13H,3-4,6,8-9H2,1-2H3. The molecule has 1 aliphatic heterocycles. The molecule has 0 aromatic carbocycles. The molecule has 0 saturated heterocycles. The number of rotatable bonds is 3. The average molecular weight is 192 g/mol. The summed E-state index contributed by atoms with van der Waals surface area (Å²) in [4.78, 5) is 5.98. The zero-order valence-electron chi connectivity index (χ0n) is 9.21. The molecule has 2 heterocycles. The first-order valence-electron chi connectivity index (χ1n) is 5.77. The highest BCUT2D eigenvalue weighted by Crippen LogP contribution is 2.31. The molecule has 78 valence electrons. The minimum Gasteiger partial charge on any atom is -0.365 e. The summed E-state index contributed by atoms with van der Waals surface area (Å²) in [6.45, 7) is 7.01. The van der Waals surface area contributed by atoms with Crippen molar-refractivity contribution >= 4 is 0 Å². The molecule has 0 spiro atoms. The van der Waals surface area contributed by atoms with Crippen LogP contribution in [0.1, 0.15) is 44.0 Å². The molecule has 0 aliphatic carbocycles. The first-order valence-corrected chi connectivity index (χ1v) is 5.77. The van der Waals surface area contributed by atoms with E-state index in [0.717, 1.165) is 0 Å². The molecule has 14 heavy (non-hydrogen) atoms. The SMILES string of the molecule is CCCN1CCc2[nH]ccc2C1CC. The van der Waals surface area contributed by atoms with Crippen LogP contribution in [0.3, 0.4) is 0 Å². The first kappa shape index (κ1) is 9.78. The highest BCUT2D eigenvalue weighted by molar-refractivity contribution is 5.27. The number of H-pyrrole nitrogens is 1. The number of aromatic amines is 1.